The lowest BCUT2D eigenvalue weighted by Crippen LogP contribution is -2.40. The SMILES string of the molecule is CC(C)N(C)CC(=O)N1CCCC1c1nc2ccccc2s1. The standard InChI is InChI=1S/C17H23N3OS/c1-12(2)19(3)11-16(21)20-10-6-8-14(20)17-18-13-7-4-5-9-15(13)22-17/h4-5,7,9,12,14H,6,8,10-11H2,1-3H3. The van der Waals surface area contributed by atoms with Crippen LogP contribution in [0.4, 0.5) is 0 Å². The van der Waals surface area contributed by atoms with Gasteiger partial charge in [0.1, 0.15) is 5.01 Å². The minimum atomic E-state index is 0.158. The lowest BCUT2D eigenvalue weighted by molar-refractivity contribution is -0.133. The largest absolute Gasteiger partial charge is 0.332 e. The Morgan fingerprint density at radius 3 is 2.95 bits per heavy atom. The van der Waals surface area contributed by atoms with Crippen molar-refractivity contribution >= 4 is 27.5 Å². The molecule has 3 rings (SSSR count). The number of rotatable bonds is 4. The van der Waals surface area contributed by atoms with Crippen molar-refractivity contribution in [1.82, 2.24) is 14.8 Å². The average molecular weight is 317 g/mol. The zero-order chi connectivity index (χ0) is 15.7. The van der Waals surface area contributed by atoms with E-state index in [9.17, 15) is 4.79 Å². The van der Waals surface area contributed by atoms with Crippen molar-refractivity contribution in [2.45, 2.75) is 38.8 Å². The first-order valence-corrected chi connectivity index (χ1v) is 8.73. The molecular weight excluding hydrogens is 294 g/mol. The maximum atomic E-state index is 12.6. The number of benzene rings is 1. The van der Waals surface area contributed by atoms with Crippen LogP contribution < -0.4 is 0 Å². The zero-order valence-electron chi connectivity index (χ0n) is 13.5. The molecule has 1 aliphatic heterocycles. The Hall–Kier alpha value is -1.46. The Labute approximate surface area is 135 Å². The minimum absolute atomic E-state index is 0.158. The van der Waals surface area contributed by atoms with Gasteiger partial charge < -0.3 is 4.90 Å². The highest BCUT2D eigenvalue weighted by Crippen LogP contribution is 2.36. The van der Waals surface area contributed by atoms with Crippen LogP contribution in [0, 0.1) is 0 Å². The third-order valence-corrected chi connectivity index (χ3v) is 5.57. The Kier molecular flexibility index (Phi) is 4.45. The van der Waals surface area contributed by atoms with Gasteiger partial charge >= 0.3 is 0 Å². The minimum Gasteiger partial charge on any atom is -0.332 e. The zero-order valence-corrected chi connectivity index (χ0v) is 14.3. The number of carbonyl (C=O) groups is 1. The van der Waals surface area contributed by atoms with E-state index in [2.05, 4.69) is 24.8 Å². The van der Waals surface area contributed by atoms with Crippen molar-refractivity contribution in [3.8, 4) is 0 Å². The maximum absolute atomic E-state index is 12.6. The molecule has 1 amide bonds. The smallest absolute Gasteiger partial charge is 0.237 e. The summed E-state index contributed by atoms with van der Waals surface area (Å²) in [6.45, 7) is 5.56. The fourth-order valence-electron chi connectivity index (χ4n) is 2.84. The van der Waals surface area contributed by atoms with Gasteiger partial charge in [-0.3, -0.25) is 9.69 Å². The number of hydrogen-bond donors (Lipinski definition) is 0. The molecule has 118 valence electrons. The van der Waals surface area contributed by atoms with E-state index in [0.29, 0.717) is 12.6 Å². The molecule has 1 atom stereocenters. The summed E-state index contributed by atoms with van der Waals surface area (Å²) in [5, 5.41) is 1.08. The van der Waals surface area contributed by atoms with E-state index < -0.39 is 0 Å². The number of amides is 1. The number of hydrogen-bond acceptors (Lipinski definition) is 4. The van der Waals surface area contributed by atoms with E-state index in [-0.39, 0.29) is 11.9 Å². The highest BCUT2D eigenvalue weighted by atomic mass is 32.1. The lowest BCUT2D eigenvalue weighted by atomic mass is 10.2. The molecule has 1 saturated heterocycles. The highest BCUT2D eigenvalue weighted by molar-refractivity contribution is 7.18. The maximum Gasteiger partial charge on any atom is 0.237 e. The van der Waals surface area contributed by atoms with Crippen LogP contribution in [0.5, 0.6) is 0 Å². The van der Waals surface area contributed by atoms with E-state index in [0.717, 1.165) is 29.9 Å². The second-order valence-electron chi connectivity index (χ2n) is 6.27. The molecule has 0 saturated carbocycles. The van der Waals surface area contributed by atoms with E-state index in [1.165, 1.54) is 4.70 Å². The van der Waals surface area contributed by atoms with Crippen LogP contribution in [0.25, 0.3) is 10.2 Å². The topological polar surface area (TPSA) is 36.4 Å². The average Bonchev–Trinajstić information content (AvgIpc) is 3.13. The molecule has 0 aliphatic carbocycles. The van der Waals surface area contributed by atoms with Gasteiger partial charge in [-0.15, -0.1) is 11.3 Å². The molecular formula is C17H23N3OS. The Balaban J connectivity index is 1.79. The third-order valence-electron chi connectivity index (χ3n) is 4.43. The highest BCUT2D eigenvalue weighted by Gasteiger charge is 2.32. The summed E-state index contributed by atoms with van der Waals surface area (Å²) >= 11 is 1.72. The molecule has 1 aromatic heterocycles. The Bertz CT molecular complexity index is 634. The van der Waals surface area contributed by atoms with Gasteiger partial charge in [0.2, 0.25) is 5.91 Å². The summed E-state index contributed by atoms with van der Waals surface area (Å²) in [6, 6.07) is 8.74. The van der Waals surface area contributed by atoms with Crippen LogP contribution in [-0.2, 0) is 4.79 Å². The monoisotopic (exact) mass is 317 g/mol. The predicted octanol–water partition coefficient (Wildman–Crippen LogP) is 3.30. The summed E-state index contributed by atoms with van der Waals surface area (Å²) in [7, 11) is 2.01. The molecule has 1 aliphatic rings. The fraction of sp³-hybridized carbons (Fsp3) is 0.529. The first kappa shape index (κ1) is 15.4. The van der Waals surface area contributed by atoms with Crippen molar-refractivity contribution < 1.29 is 4.79 Å². The van der Waals surface area contributed by atoms with E-state index in [1.807, 2.05) is 30.1 Å². The first-order chi connectivity index (χ1) is 10.6. The van der Waals surface area contributed by atoms with Gasteiger partial charge in [-0.1, -0.05) is 12.1 Å². The lowest BCUT2D eigenvalue weighted by Gasteiger charge is -2.27. The number of thiazole rings is 1. The Morgan fingerprint density at radius 2 is 2.23 bits per heavy atom. The molecule has 22 heavy (non-hydrogen) atoms. The van der Waals surface area contributed by atoms with Gasteiger partial charge in [-0.25, -0.2) is 4.98 Å². The van der Waals surface area contributed by atoms with Crippen molar-refractivity contribution in [3.63, 3.8) is 0 Å². The molecule has 1 aromatic carbocycles. The molecule has 1 fully saturated rings. The number of para-hydroxylation sites is 1. The van der Waals surface area contributed by atoms with Crippen LogP contribution in [0.2, 0.25) is 0 Å². The van der Waals surface area contributed by atoms with Crippen LogP contribution in [0.1, 0.15) is 37.7 Å². The first-order valence-electron chi connectivity index (χ1n) is 7.91. The fourth-order valence-corrected chi connectivity index (χ4v) is 3.96. The van der Waals surface area contributed by atoms with E-state index in [1.54, 1.807) is 11.3 Å². The van der Waals surface area contributed by atoms with Gasteiger partial charge in [0.15, 0.2) is 0 Å². The van der Waals surface area contributed by atoms with Crippen LogP contribution in [0.3, 0.4) is 0 Å². The molecule has 2 aromatic rings. The number of fused-ring (bicyclic) bond motifs is 1. The van der Waals surface area contributed by atoms with Crippen molar-refractivity contribution in [1.29, 1.82) is 0 Å². The normalized spacial score (nSPS) is 18.8. The molecule has 2 heterocycles. The van der Waals surface area contributed by atoms with Gasteiger partial charge in [-0.05, 0) is 45.9 Å². The molecule has 5 heteroatoms. The van der Waals surface area contributed by atoms with Crippen LogP contribution >= 0.6 is 11.3 Å². The molecule has 0 radical (unpaired) electrons. The number of aromatic nitrogens is 1. The molecule has 0 spiro atoms. The predicted molar refractivity (Wildman–Crippen MR) is 91.1 cm³/mol. The number of likely N-dealkylation sites (tertiary alicyclic amines) is 1. The van der Waals surface area contributed by atoms with Crippen molar-refractivity contribution in [2.24, 2.45) is 0 Å². The van der Waals surface area contributed by atoms with Crippen molar-refractivity contribution in [2.75, 3.05) is 20.1 Å². The summed E-state index contributed by atoms with van der Waals surface area (Å²) in [4.78, 5) is 21.5. The van der Waals surface area contributed by atoms with Gasteiger partial charge in [0, 0.05) is 12.6 Å². The van der Waals surface area contributed by atoms with Gasteiger partial charge in [-0.2, -0.15) is 0 Å². The summed E-state index contributed by atoms with van der Waals surface area (Å²) in [6.07, 6.45) is 2.09. The van der Waals surface area contributed by atoms with Crippen molar-refractivity contribution in [3.05, 3.63) is 29.3 Å². The second-order valence-corrected chi connectivity index (χ2v) is 7.34. The van der Waals surface area contributed by atoms with Crippen LogP contribution in [-0.4, -0.2) is 46.9 Å². The van der Waals surface area contributed by atoms with Crippen LogP contribution in [0.15, 0.2) is 24.3 Å². The molecule has 1 unspecified atom stereocenters. The Morgan fingerprint density at radius 1 is 1.45 bits per heavy atom. The second kappa shape index (κ2) is 6.34. The summed E-state index contributed by atoms with van der Waals surface area (Å²) in [5.41, 5.74) is 1.04. The molecule has 0 bridgehead atoms. The van der Waals surface area contributed by atoms with Gasteiger partial charge in [0.25, 0.3) is 0 Å². The number of nitrogens with zero attached hydrogens (tertiary/aromatic N) is 3. The molecule has 0 N–H and O–H groups in total. The quantitative estimate of drug-likeness (QED) is 0.868. The van der Waals surface area contributed by atoms with E-state index >= 15 is 0 Å². The third kappa shape index (κ3) is 3.01. The number of carbonyl (C=O) groups excluding carboxylic acids is 1. The van der Waals surface area contributed by atoms with Gasteiger partial charge in [0.05, 0.1) is 22.8 Å². The molecule has 4 nitrogen and oxygen atoms in total. The summed E-state index contributed by atoms with van der Waals surface area (Å²) in [5.74, 6) is 0.220. The van der Waals surface area contributed by atoms with E-state index in [4.69, 9.17) is 4.98 Å². The summed E-state index contributed by atoms with van der Waals surface area (Å²) < 4.78 is 1.20. The number of likely N-dealkylation sites (N-methyl/N-ethyl adjacent to an activating group) is 1.